The molecular formula is C14H17N3O2. The second-order valence-corrected chi connectivity index (χ2v) is 4.98. The Balaban J connectivity index is 1.94. The molecule has 1 N–H and O–H groups in total. The van der Waals surface area contributed by atoms with Crippen LogP contribution < -0.4 is 4.90 Å². The zero-order chi connectivity index (χ0) is 13.2. The van der Waals surface area contributed by atoms with Gasteiger partial charge in [-0.3, -0.25) is 9.20 Å². The molecule has 1 aliphatic heterocycles. The minimum Gasteiger partial charge on any atom is -0.396 e. The molecular weight excluding hydrogens is 242 g/mol. The summed E-state index contributed by atoms with van der Waals surface area (Å²) in [6, 6.07) is 5.71. The first-order chi connectivity index (χ1) is 9.33. The van der Waals surface area contributed by atoms with E-state index in [4.69, 9.17) is 5.11 Å². The number of aromatic nitrogens is 2. The number of hydrogen-bond acceptors (Lipinski definition) is 4. The fourth-order valence-electron chi connectivity index (χ4n) is 2.67. The van der Waals surface area contributed by atoms with Gasteiger partial charge in [0.1, 0.15) is 11.3 Å². The van der Waals surface area contributed by atoms with E-state index in [-0.39, 0.29) is 6.61 Å². The van der Waals surface area contributed by atoms with Gasteiger partial charge in [0, 0.05) is 25.9 Å². The average Bonchev–Trinajstić information content (AvgIpc) is 2.85. The lowest BCUT2D eigenvalue weighted by atomic mass is 9.98. The third-order valence-corrected chi connectivity index (χ3v) is 3.83. The second kappa shape index (κ2) is 5.01. The molecule has 19 heavy (non-hydrogen) atoms. The fraction of sp³-hybridized carbons (Fsp3) is 0.429. The standard InChI is InChI=1S/C14H17N3O2/c18-9-11-4-7-16(8-5-11)14-12(10-19)17-6-2-1-3-13(17)15-14/h1-3,6,10-11,18H,4-5,7-9H2. The third-order valence-electron chi connectivity index (χ3n) is 3.83. The highest BCUT2D eigenvalue weighted by Gasteiger charge is 2.23. The summed E-state index contributed by atoms with van der Waals surface area (Å²) in [5.41, 5.74) is 1.40. The van der Waals surface area contributed by atoms with Crippen molar-refractivity contribution in [2.45, 2.75) is 12.8 Å². The van der Waals surface area contributed by atoms with Crippen LogP contribution in [0.25, 0.3) is 5.65 Å². The molecule has 0 aromatic carbocycles. The number of rotatable bonds is 3. The number of aldehydes is 1. The number of aliphatic hydroxyl groups excluding tert-OH is 1. The van der Waals surface area contributed by atoms with Gasteiger partial charge in [-0.15, -0.1) is 0 Å². The molecule has 0 unspecified atom stereocenters. The summed E-state index contributed by atoms with van der Waals surface area (Å²) >= 11 is 0. The van der Waals surface area contributed by atoms with E-state index in [1.807, 2.05) is 28.8 Å². The van der Waals surface area contributed by atoms with E-state index in [1.165, 1.54) is 0 Å². The topological polar surface area (TPSA) is 57.8 Å². The second-order valence-electron chi connectivity index (χ2n) is 4.98. The lowest BCUT2D eigenvalue weighted by Crippen LogP contribution is -2.35. The Morgan fingerprint density at radius 3 is 2.84 bits per heavy atom. The van der Waals surface area contributed by atoms with E-state index in [0.717, 1.165) is 43.7 Å². The van der Waals surface area contributed by atoms with Crippen molar-refractivity contribution in [2.24, 2.45) is 5.92 Å². The number of nitrogens with zero attached hydrogens (tertiary/aromatic N) is 3. The highest BCUT2D eigenvalue weighted by Crippen LogP contribution is 2.25. The van der Waals surface area contributed by atoms with Crippen molar-refractivity contribution in [3.8, 4) is 0 Å². The number of fused-ring (bicyclic) bond motifs is 1. The van der Waals surface area contributed by atoms with Crippen molar-refractivity contribution in [2.75, 3.05) is 24.6 Å². The van der Waals surface area contributed by atoms with Crippen LogP contribution in [0.2, 0.25) is 0 Å². The minimum absolute atomic E-state index is 0.250. The Morgan fingerprint density at radius 1 is 1.37 bits per heavy atom. The van der Waals surface area contributed by atoms with Crippen LogP contribution in [0.3, 0.4) is 0 Å². The van der Waals surface area contributed by atoms with Crippen LogP contribution in [0.4, 0.5) is 5.82 Å². The molecule has 3 heterocycles. The van der Waals surface area contributed by atoms with Gasteiger partial charge in [0.15, 0.2) is 12.1 Å². The minimum atomic E-state index is 0.250. The molecule has 5 heteroatoms. The van der Waals surface area contributed by atoms with Gasteiger partial charge in [0.05, 0.1) is 0 Å². The Kier molecular flexibility index (Phi) is 3.21. The summed E-state index contributed by atoms with van der Waals surface area (Å²) in [5.74, 6) is 1.14. The number of imidazole rings is 1. The molecule has 0 saturated carbocycles. The molecule has 0 bridgehead atoms. The molecule has 0 amide bonds. The Labute approximate surface area is 111 Å². The van der Waals surface area contributed by atoms with Crippen molar-refractivity contribution in [1.82, 2.24) is 9.38 Å². The third kappa shape index (κ3) is 2.10. The normalized spacial score (nSPS) is 17.0. The highest BCUT2D eigenvalue weighted by atomic mass is 16.3. The molecule has 1 aliphatic rings. The van der Waals surface area contributed by atoms with Gasteiger partial charge in [-0.1, -0.05) is 6.07 Å². The molecule has 1 fully saturated rings. The number of carbonyl (C=O) groups is 1. The van der Waals surface area contributed by atoms with Crippen molar-refractivity contribution in [1.29, 1.82) is 0 Å². The molecule has 100 valence electrons. The molecule has 0 aliphatic carbocycles. The lowest BCUT2D eigenvalue weighted by molar-refractivity contribution is 0.111. The molecule has 0 atom stereocenters. The monoisotopic (exact) mass is 259 g/mol. The summed E-state index contributed by atoms with van der Waals surface area (Å²) in [7, 11) is 0. The van der Waals surface area contributed by atoms with Gasteiger partial charge in [-0.05, 0) is 30.9 Å². The molecule has 3 rings (SSSR count). The van der Waals surface area contributed by atoms with E-state index in [1.54, 1.807) is 0 Å². The molecule has 2 aromatic heterocycles. The van der Waals surface area contributed by atoms with Crippen molar-refractivity contribution < 1.29 is 9.90 Å². The van der Waals surface area contributed by atoms with Crippen LogP contribution in [0.5, 0.6) is 0 Å². The van der Waals surface area contributed by atoms with E-state index >= 15 is 0 Å². The molecule has 0 radical (unpaired) electrons. The van der Waals surface area contributed by atoms with Crippen LogP contribution >= 0.6 is 0 Å². The zero-order valence-corrected chi connectivity index (χ0v) is 10.7. The number of carbonyl (C=O) groups excluding carboxylic acids is 1. The molecule has 0 spiro atoms. The average molecular weight is 259 g/mol. The first-order valence-corrected chi connectivity index (χ1v) is 6.61. The van der Waals surface area contributed by atoms with E-state index in [0.29, 0.717) is 11.6 Å². The van der Waals surface area contributed by atoms with Gasteiger partial charge in [-0.25, -0.2) is 4.98 Å². The predicted molar refractivity (Wildman–Crippen MR) is 72.6 cm³/mol. The summed E-state index contributed by atoms with van der Waals surface area (Å²) in [5, 5.41) is 9.17. The van der Waals surface area contributed by atoms with E-state index in [2.05, 4.69) is 9.88 Å². The summed E-state index contributed by atoms with van der Waals surface area (Å²) in [4.78, 5) is 18.0. The van der Waals surface area contributed by atoms with Gasteiger partial charge in [-0.2, -0.15) is 0 Å². The Morgan fingerprint density at radius 2 is 2.16 bits per heavy atom. The van der Waals surface area contributed by atoms with Crippen LogP contribution in [0, 0.1) is 5.92 Å². The fourth-order valence-corrected chi connectivity index (χ4v) is 2.67. The van der Waals surface area contributed by atoms with Gasteiger partial charge >= 0.3 is 0 Å². The summed E-state index contributed by atoms with van der Waals surface area (Å²) in [6.45, 7) is 1.94. The number of pyridine rings is 1. The van der Waals surface area contributed by atoms with E-state index < -0.39 is 0 Å². The first-order valence-electron chi connectivity index (χ1n) is 6.61. The van der Waals surface area contributed by atoms with Crippen LogP contribution in [0.1, 0.15) is 23.3 Å². The number of anilines is 1. The number of hydrogen-bond donors (Lipinski definition) is 1. The predicted octanol–water partition coefficient (Wildman–Crippen LogP) is 1.36. The maximum atomic E-state index is 11.3. The zero-order valence-electron chi connectivity index (χ0n) is 10.7. The lowest BCUT2D eigenvalue weighted by Gasteiger charge is -2.31. The number of piperidine rings is 1. The Bertz CT molecular complexity index is 585. The van der Waals surface area contributed by atoms with Crippen LogP contribution in [0.15, 0.2) is 24.4 Å². The van der Waals surface area contributed by atoms with Crippen molar-refractivity contribution in [3.05, 3.63) is 30.1 Å². The number of aliphatic hydroxyl groups is 1. The highest BCUT2D eigenvalue weighted by molar-refractivity contribution is 5.83. The summed E-state index contributed by atoms with van der Waals surface area (Å²) < 4.78 is 1.82. The van der Waals surface area contributed by atoms with Crippen molar-refractivity contribution in [3.63, 3.8) is 0 Å². The van der Waals surface area contributed by atoms with Gasteiger partial charge in [0.25, 0.3) is 0 Å². The molecule has 5 nitrogen and oxygen atoms in total. The maximum Gasteiger partial charge on any atom is 0.170 e. The first kappa shape index (κ1) is 12.2. The quantitative estimate of drug-likeness (QED) is 0.845. The largest absolute Gasteiger partial charge is 0.396 e. The molecule has 1 saturated heterocycles. The Hall–Kier alpha value is -1.88. The SMILES string of the molecule is O=Cc1c(N2CCC(CO)CC2)nc2ccccn12. The summed E-state index contributed by atoms with van der Waals surface area (Å²) in [6.07, 6.45) is 4.62. The van der Waals surface area contributed by atoms with Crippen LogP contribution in [-0.4, -0.2) is 40.5 Å². The van der Waals surface area contributed by atoms with Gasteiger partial charge < -0.3 is 10.0 Å². The smallest absolute Gasteiger partial charge is 0.170 e. The van der Waals surface area contributed by atoms with Crippen LogP contribution in [-0.2, 0) is 0 Å². The van der Waals surface area contributed by atoms with Crippen molar-refractivity contribution >= 4 is 17.8 Å². The van der Waals surface area contributed by atoms with E-state index in [9.17, 15) is 4.79 Å². The van der Waals surface area contributed by atoms with Gasteiger partial charge in [0.2, 0.25) is 0 Å². The maximum absolute atomic E-state index is 11.3. The molecule has 2 aromatic rings.